The first-order chi connectivity index (χ1) is 6.24. The second-order valence-corrected chi connectivity index (χ2v) is 2.44. The predicted molar refractivity (Wildman–Crippen MR) is 48.5 cm³/mol. The van der Waals surface area contributed by atoms with E-state index in [1.54, 1.807) is 6.20 Å². The quantitative estimate of drug-likeness (QED) is 0.693. The lowest BCUT2D eigenvalue weighted by Gasteiger charge is -2.02. The molecule has 1 amide bonds. The minimum atomic E-state index is -0.521. The zero-order chi connectivity index (χ0) is 9.68. The number of carbonyl (C=O) groups is 1. The van der Waals surface area contributed by atoms with Crippen LogP contribution in [0.25, 0.3) is 0 Å². The standard InChI is InChI=1S/C8H11N3O2/c1-3-4-13-8(12)10-7-6(2)5-9-11-7/h3,5H,1,4H2,2H3,(H2,9,10,11,12). The second-order valence-electron chi connectivity index (χ2n) is 2.44. The van der Waals surface area contributed by atoms with Gasteiger partial charge in [0.15, 0.2) is 0 Å². The monoisotopic (exact) mass is 181 g/mol. The molecular weight excluding hydrogens is 170 g/mol. The van der Waals surface area contributed by atoms with Crippen LogP contribution in [0.1, 0.15) is 5.56 Å². The molecule has 0 fully saturated rings. The maximum atomic E-state index is 11.0. The minimum absolute atomic E-state index is 0.193. The van der Waals surface area contributed by atoms with E-state index in [1.165, 1.54) is 6.08 Å². The number of nitrogens with zero attached hydrogens (tertiary/aromatic N) is 1. The van der Waals surface area contributed by atoms with E-state index in [9.17, 15) is 4.79 Å². The van der Waals surface area contributed by atoms with Gasteiger partial charge in [0, 0.05) is 5.56 Å². The number of amides is 1. The molecule has 0 aliphatic heterocycles. The maximum Gasteiger partial charge on any atom is 0.413 e. The Hall–Kier alpha value is -1.78. The lowest BCUT2D eigenvalue weighted by molar-refractivity contribution is 0.174. The van der Waals surface area contributed by atoms with E-state index in [-0.39, 0.29) is 6.61 Å². The van der Waals surface area contributed by atoms with Crippen molar-refractivity contribution in [1.82, 2.24) is 10.2 Å². The third-order valence-corrected chi connectivity index (χ3v) is 1.39. The van der Waals surface area contributed by atoms with Gasteiger partial charge in [-0.2, -0.15) is 5.10 Å². The Morgan fingerprint density at radius 2 is 2.69 bits per heavy atom. The molecule has 5 nitrogen and oxygen atoms in total. The SMILES string of the molecule is C=CCOC(=O)Nc1[nH]ncc1C. The first-order valence-corrected chi connectivity index (χ1v) is 3.78. The number of rotatable bonds is 3. The van der Waals surface area contributed by atoms with E-state index >= 15 is 0 Å². The van der Waals surface area contributed by atoms with E-state index in [0.29, 0.717) is 5.82 Å². The summed E-state index contributed by atoms with van der Waals surface area (Å²) >= 11 is 0. The fourth-order valence-electron chi connectivity index (χ4n) is 0.746. The number of nitrogens with one attached hydrogen (secondary N) is 2. The van der Waals surface area contributed by atoms with Crippen molar-refractivity contribution in [2.75, 3.05) is 11.9 Å². The highest BCUT2D eigenvalue weighted by Gasteiger charge is 2.05. The van der Waals surface area contributed by atoms with Gasteiger partial charge in [-0.1, -0.05) is 12.7 Å². The largest absolute Gasteiger partial charge is 0.445 e. The summed E-state index contributed by atoms with van der Waals surface area (Å²) in [6, 6.07) is 0. The number of aromatic amines is 1. The van der Waals surface area contributed by atoms with Crippen molar-refractivity contribution in [2.45, 2.75) is 6.92 Å². The van der Waals surface area contributed by atoms with Gasteiger partial charge in [-0.25, -0.2) is 4.79 Å². The zero-order valence-electron chi connectivity index (χ0n) is 7.33. The van der Waals surface area contributed by atoms with Gasteiger partial charge in [-0.3, -0.25) is 10.4 Å². The fraction of sp³-hybridized carbons (Fsp3) is 0.250. The maximum absolute atomic E-state index is 11.0. The molecular formula is C8H11N3O2. The van der Waals surface area contributed by atoms with Gasteiger partial charge in [-0.15, -0.1) is 0 Å². The van der Waals surface area contributed by atoms with Crippen LogP contribution in [0.3, 0.4) is 0 Å². The number of ether oxygens (including phenoxy) is 1. The number of aromatic nitrogens is 2. The average Bonchev–Trinajstić information content (AvgIpc) is 2.48. The molecule has 1 heterocycles. The fourth-order valence-corrected chi connectivity index (χ4v) is 0.746. The summed E-state index contributed by atoms with van der Waals surface area (Å²) in [5.41, 5.74) is 0.857. The van der Waals surface area contributed by atoms with Crippen molar-refractivity contribution in [2.24, 2.45) is 0 Å². The van der Waals surface area contributed by atoms with Crippen LogP contribution in [0.15, 0.2) is 18.9 Å². The van der Waals surface area contributed by atoms with E-state index < -0.39 is 6.09 Å². The summed E-state index contributed by atoms with van der Waals surface area (Å²) in [6.45, 7) is 5.44. The van der Waals surface area contributed by atoms with E-state index in [1.807, 2.05) is 6.92 Å². The number of carbonyl (C=O) groups excluding carboxylic acids is 1. The Morgan fingerprint density at radius 3 is 3.23 bits per heavy atom. The van der Waals surface area contributed by atoms with Gasteiger partial charge >= 0.3 is 6.09 Å². The van der Waals surface area contributed by atoms with E-state index in [2.05, 4.69) is 22.1 Å². The second kappa shape index (κ2) is 4.30. The molecule has 0 aliphatic rings. The van der Waals surface area contributed by atoms with Crippen LogP contribution in [0.4, 0.5) is 10.6 Å². The molecule has 1 aromatic heterocycles. The van der Waals surface area contributed by atoms with Crippen LogP contribution in [0, 0.1) is 6.92 Å². The first-order valence-electron chi connectivity index (χ1n) is 3.78. The number of H-pyrrole nitrogens is 1. The molecule has 0 atom stereocenters. The molecule has 5 heteroatoms. The molecule has 0 spiro atoms. The Bertz CT molecular complexity index is 306. The van der Waals surface area contributed by atoms with Crippen molar-refractivity contribution in [3.63, 3.8) is 0 Å². The summed E-state index contributed by atoms with van der Waals surface area (Å²) in [6.07, 6.45) is 2.59. The molecule has 1 aromatic rings. The van der Waals surface area contributed by atoms with Crippen molar-refractivity contribution < 1.29 is 9.53 Å². The highest BCUT2D eigenvalue weighted by molar-refractivity contribution is 5.84. The summed E-state index contributed by atoms with van der Waals surface area (Å²) in [7, 11) is 0. The van der Waals surface area contributed by atoms with Crippen LogP contribution in [0.5, 0.6) is 0 Å². The van der Waals surface area contributed by atoms with E-state index in [4.69, 9.17) is 4.74 Å². The molecule has 0 aromatic carbocycles. The van der Waals surface area contributed by atoms with Gasteiger partial charge in [0.25, 0.3) is 0 Å². The Kier molecular flexibility index (Phi) is 3.08. The van der Waals surface area contributed by atoms with Gasteiger partial charge < -0.3 is 4.74 Å². The highest BCUT2D eigenvalue weighted by Crippen LogP contribution is 2.08. The molecule has 0 saturated carbocycles. The van der Waals surface area contributed by atoms with Crippen molar-refractivity contribution in [3.05, 3.63) is 24.4 Å². The molecule has 0 unspecified atom stereocenters. The van der Waals surface area contributed by atoms with Crippen LogP contribution >= 0.6 is 0 Å². The number of hydrogen-bond donors (Lipinski definition) is 2. The highest BCUT2D eigenvalue weighted by atomic mass is 16.5. The van der Waals surface area contributed by atoms with Crippen LogP contribution in [0.2, 0.25) is 0 Å². The van der Waals surface area contributed by atoms with Crippen LogP contribution < -0.4 is 5.32 Å². The van der Waals surface area contributed by atoms with Gasteiger partial charge in [0.05, 0.1) is 6.20 Å². The minimum Gasteiger partial charge on any atom is -0.445 e. The Balaban J connectivity index is 2.45. The normalized spacial score (nSPS) is 9.31. The third kappa shape index (κ3) is 2.62. The van der Waals surface area contributed by atoms with Gasteiger partial charge in [-0.05, 0) is 6.92 Å². The van der Waals surface area contributed by atoms with Gasteiger partial charge in [0.2, 0.25) is 0 Å². The van der Waals surface area contributed by atoms with Crippen LogP contribution in [-0.4, -0.2) is 22.9 Å². The molecule has 0 saturated heterocycles. The van der Waals surface area contributed by atoms with Crippen LogP contribution in [-0.2, 0) is 4.74 Å². The van der Waals surface area contributed by atoms with Gasteiger partial charge in [0.1, 0.15) is 12.4 Å². The molecule has 13 heavy (non-hydrogen) atoms. The van der Waals surface area contributed by atoms with Crippen molar-refractivity contribution in [3.8, 4) is 0 Å². The Morgan fingerprint density at radius 1 is 1.92 bits per heavy atom. The Labute approximate surface area is 75.8 Å². The topological polar surface area (TPSA) is 67.0 Å². The lowest BCUT2D eigenvalue weighted by Crippen LogP contribution is -2.14. The molecule has 0 aliphatic carbocycles. The summed E-state index contributed by atoms with van der Waals surface area (Å²) in [5, 5.41) is 8.86. The molecule has 0 bridgehead atoms. The molecule has 2 N–H and O–H groups in total. The smallest absolute Gasteiger partial charge is 0.413 e. The average molecular weight is 181 g/mol. The summed E-state index contributed by atoms with van der Waals surface area (Å²) in [4.78, 5) is 11.0. The van der Waals surface area contributed by atoms with E-state index in [0.717, 1.165) is 5.56 Å². The summed E-state index contributed by atoms with van der Waals surface area (Å²) < 4.78 is 4.70. The first kappa shape index (κ1) is 9.31. The number of aryl methyl sites for hydroxylation is 1. The number of hydrogen-bond acceptors (Lipinski definition) is 3. The molecule has 1 rings (SSSR count). The number of anilines is 1. The van der Waals surface area contributed by atoms with Crippen molar-refractivity contribution >= 4 is 11.9 Å². The van der Waals surface area contributed by atoms with Crippen molar-refractivity contribution in [1.29, 1.82) is 0 Å². The molecule has 0 radical (unpaired) electrons. The summed E-state index contributed by atoms with van der Waals surface area (Å²) in [5.74, 6) is 0.550. The zero-order valence-corrected chi connectivity index (χ0v) is 7.33. The lowest BCUT2D eigenvalue weighted by atomic mass is 10.4. The third-order valence-electron chi connectivity index (χ3n) is 1.39. The molecule has 70 valence electrons. The predicted octanol–water partition coefficient (Wildman–Crippen LogP) is 1.45.